The molecule has 0 radical (unpaired) electrons. The third kappa shape index (κ3) is 4.27. The molecule has 1 N–H and O–H groups in total. The average molecular weight is 355 g/mol. The van der Waals surface area contributed by atoms with Crippen molar-refractivity contribution in [3.05, 3.63) is 28.5 Å². The van der Waals surface area contributed by atoms with E-state index >= 15 is 0 Å². The lowest BCUT2D eigenvalue weighted by Crippen LogP contribution is -2.55. The van der Waals surface area contributed by atoms with Gasteiger partial charge < -0.3 is 10.1 Å². The summed E-state index contributed by atoms with van der Waals surface area (Å²) in [5, 5.41) is 3.66. The predicted octanol–water partition coefficient (Wildman–Crippen LogP) is 3.96. The van der Waals surface area contributed by atoms with Crippen LogP contribution in [0.1, 0.15) is 45.1 Å². The van der Waals surface area contributed by atoms with Crippen molar-refractivity contribution in [3.8, 4) is 0 Å². The van der Waals surface area contributed by atoms with Crippen LogP contribution in [0.4, 0.5) is 0 Å². The van der Waals surface area contributed by atoms with Crippen molar-refractivity contribution in [3.63, 3.8) is 0 Å². The largest absolute Gasteiger partial charge is 0.377 e. The van der Waals surface area contributed by atoms with E-state index in [1.807, 2.05) is 19.5 Å². The number of halogens is 1. The average Bonchev–Trinajstić information content (AvgIpc) is 2.48. The van der Waals surface area contributed by atoms with E-state index in [0.29, 0.717) is 6.04 Å². The Labute approximate surface area is 137 Å². The lowest BCUT2D eigenvalue weighted by Gasteiger charge is -2.44. The van der Waals surface area contributed by atoms with Crippen LogP contribution in [0.25, 0.3) is 0 Å². The Kier molecular flexibility index (Phi) is 6.20. The number of pyridine rings is 1. The van der Waals surface area contributed by atoms with Gasteiger partial charge in [-0.2, -0.15) is 0 Å². The Morgan fingerprint density at radius 1 is 1.43 bits per heavy atom. The number of hydrogen-bond acceptors (Lipinski definition) is 3. The summed E-state index contributed by atoms with van der Waals surface area (Å²) >= 11 is 3.51. The molecule has 118 valence electrons. The summed E-state index contributed by atoms with van der Waals surface area (Å²) in [4.78, 5) is 4.29. The van der Waals surface area contributed by atoms with Gasteiger partial charge in [-0.3, -0.25) is 4.98 Å². The topological polar surface area (TPSA) is 34.2 Å². The van der Waals surface area contributed by atoms with E-state index in [-0.39, 0.29) is 5.60 Å². The molecule has 1 unspecified atom stereocenters. The zero-order valence-electron chi connectivity index (χ0n) is 13.4. The van der Waals surface area contributed by atoms with Crippen LogP contribution in [-0.2, 0) is 11.2 Å². The maximum absolute atomic E-state index is 6.05. The van der Waals surface area contributed by atoms with E-state index in [9.17, 15) is 0 Å². The van der Waals surface area contributed by atoms with Crippen molar-refractivity contribution < 1.29 is 4.74 Å². The number of likely N-dealkylation sites (N-methyl/N-ethyl adjacent to an activating group) is 1. The van der Waals surface area contributed by atoms with E-state index in [1.165, 1.54) is 18.4 Å². The summed E-state index contributed by atoms with van der Waals surface area (Å²) in [6, 6.07) is 2.50. The first-order valence-electron chi connectivity index (χ1n) is 7.97. The summed E-state index contributed by atoms with van der Waals surface area (Å²) < 4.78 is 7.09. The molecule has 1 aliphatic rings. The van der Waals surface area contributed by atoms with Crippen LogP contribution in [-0.4, -0.2) is 30.3 Å². The molecule has 1 aromatic heterocycles. The molecule has 0 spiro atoms. The first-order valence-corrected chi connectivity index (χ1v) is 8.77. The minimum Gasteiger partial charge on any atom is -0.377 e. The van der Waals surface area contributed by atoms with Crippen LogP contribution in [0.3, 0.4) is 0 Å². The molecule has 0 saturated heterocycles. The summed E-state index contributed by atoms with van der Waals surface area (Å²) in [6.07, 6.45) is 9.55. The highest BCUT2D eigenvalue weighted by Gasteiger charge is 2.41. The fourth-order valence-corrected chi connectivity index (χ4v) is 3.85. The van der Waals surface area contributed by atoms with Crippen LogP contribution in [0.5, 0.6) is 0 Å². The molecule has 2 rings (SSSR count). The van der Waals surface area contributed by atoms with Crippen LogP contribution < -0.4 is 5.32 Å². The van der Waals surface area contributed by atoms with Gasteiger partial charge in [-0.15, -0.1) is 0 Å². The molecule has 4 heteroatoms. The Morgan fingerprint density at radius 2 is 2.14 bits per heavy atom. The normalized spacial score (nSPS) is 27.5. The van der Waals surface area contributed by atoms with Crippen LogP contribution in [0.15, 0.2) is 22.9 Å². The van der Waals surface area contributed by atoms with Crippen molar-refractivity contribution in [1.29, 1.82) is 0 Å². The quantitative estimate of drug-likeness (QED) is 0.839. The number of nitrogens with zero attached hydrogens (tertiary/aromatic N) is 1. The first-order chi connectivity index (χ1) is 10.1. The van der Waals surface area contributed by atoms with E-state index in [4.69, 9.17) is 4.74 Å². The summed E-state index contributed by atoms with van der Waals surface area (Å²) in [7, 11) is 1.87. The summed E-state index contributed by atoms with van der Waals surface area (Å²) in [6.45, 7) is 5.48. The van der Waals surface area contributed by atoms with Crippen molar-refractivity contribution >= 4 is 15.9 Å². The Balaban J connectivity index is 2.16. The molecule has 0 aromatic carbocycles. The van der Waals surface area contributed by atoms with Crippen molar-refractivity contribution in [2.75, 3.05) is 13.7 Å². The lowest BCUT2D eigenvalue weighted by atomic mass is 9.74. The Morgan fingerprint density at radius 3 is 2.71 bits per heavy atom. The minimum atomic E-state index is -0.0369. The monoisotopic (exact) mass is 354 g/mol. The summed E-state index contributed by atoms with van der Waals surface area (Å²) in [5.41, 5.74) is 1.22. The smallest absolute Gasteiger partial charge is 0.0834 e. The molecule has 0 bridgehead atoms. The molecule has 1 fully saturated rings. The molecule has 1 aromatic rings. The number of nitrogens with one attached hydrogen (secondary N) is 1. The fourth-order valence-electron chi connectivity index (χ4n) is 3.44. The highest BCUT2D eigenvalue weighted by atomic mass is 79.9. The van der Waals surface area contributed by atoms with Crippen molar-refractivity contribution in [2.45, 2.75) is 57.6 Å². The van der Waals surface area contributed by atoms with Gasteiger partial charge in [0, 0.05) is 30.0 Å². The predicted molar refractivity (Wildman–Crippen MR) is 90.5 cm³/mol. The van der Waals surface area contributed by atoms with E-state index in [2.05, 4.69) is 46.1 Å². The Hall–Kier alpha value is -0.450. The highest BCUT2D eigenvalue weighted by molar-refractivity contribution is 9.10. The minimum absolute atomic E-state index is 0.0369. The third-order valence-corrected chi connectivity index (χ3v) is 5.25. The zero-order valence-corrected chi connectivity index (χ0v) is 14.9. The van der Waals surface area contributed by atoms with Gasteiger partial charge in [0.05, 0.1) is 5.60 Å². The highest BCUT2D eigenvalue weighted by Crippen LogP contribution is 2.37. The number of ether oxygens (including phenoxy) is 1. The van der Waals surface area contributed by atoms with Gasteiger partial charge in [0.1, 0.15) is 0 Å². The van der Waals surface area contributed by atoms with Crippen molar-refractivity contribution in [2.24, 2.45) is 5.92 Å². The maximum atomic E-state index is 6.05. The second kappa shape index (κ2) is 7.70. The molecule has 0 aliphatic heterocycles. The number of methoxy groups -OCH3 is 1. The van der Waals surface area contributed by atoms with E-state index < -0.39 is 0 Å². The maximum Gasteiger partial charge on any atom is 0.0834 e. The molecule has 1 atom stereocenters. The third-order valence-electron chi connectivity index (χ3n) is 4.81. The molecule has 1 saturated carbocycles. The van der Waals surface area contributed by atoms with Gasteiger partial charge in [0.25, 0.3) is 0 Å². The van der Waals surface area contributed by atoms with Gasteiger partial charge in [0.15, 0.2) is 0 Å². The molecule has 0 amide bonds. The number of rotatable bonds is 6. The Bertz CT molecular complexity index is 444. The first kappa shape index (κ1) is 16.9. The molecular weight excluding hydrogens is 328 g/mol. The fraction of sp³-hybridized carbons (Fsp3) is 0.706. The zero-order chi connectivity index (χ0) is 15.3. The van der Waals surface area contributed by atoms with Gasteiger partial charge in [-0.25, -0.2) is 0 Å². The number of hydrogen-bond donors (Lipinski definition) is 1. The van der Waals surface area contributed by atoms with Crippen molar-refractivity contribution in [1.82, 2.24) is 10.3 Å². The molecular formula is C17H27BrN2O. The van der Waals surface area contributed by atoms with Gasteiger partial charge in [-0.05, 0) is 72.1 Å². The second-order valence-electron chi connectivity index (χ2n) is 6.28. The van der Waals surface area contributed by atoms with Gasteiger partial charge >= 0.3 is 0 Å². The van der Waals surface area contributed by atoms with E-state index in [0.717, 1.165) is 36.2 Å². The lowest BCUT2D eigenvalue weighted by molar-refractivity contribution is -0.0742. The second-order valence-corrected chi connectivity index (χ2v) is 7.19. The van der Waals surface area contributed by atoms with E-state index in [1.54, 1.807) is 0 Å². The van der Waals surface area contributed by atoms with Gasteiger partial charge in [-0.1, -0.05) is 13.8 Å². The molecule has 1 aliphatic carbocycles. The molecule has 21 heavy (non-hydrogen) atoms. The number of aromatic nitrogens is 1. The standard InChI is InChI=1S/C17H27BrN2O/c1-4-20-16(10-14-9-15(18)12-19-11-14)17(21-3)7-5-13(2)6-8-17/h9,11-13,16,20H,4-8,10H2,1-3H3. The van der Waals surface area contributed by atoms with Crippen LogP contribution in [0, 0.1) is 5.92 Å². The van der Waals surface area contributed by atoms with Crippen LogP contribution in [0.2, 0.25) is 0 Å². The van der Waals surface area contributed by atoms with Crippen LogP contribution >= 0.6 is 15.9 Å². The molecule has 1 heterocycles. The van der Waals surface area contributed by atoms with Gasteiger partial charge in [0.2, 0.25) is 0 Å². The molecule has 3 nitrogen and oxygen atoms in total. The summed E-state index contributed by atoms with van der Waals surface area (Å²) in [5.74, 6) is 0.822. The SMILES string of the molecule is CCNC(Cc1cncc(Br)c1)C1(OC)CCC(C)CC1.